The molecule has 7 heteroatoms. The lowest BCUT2D eigenvalue weighted by atomic mass is 9.75. The zero-order chi connectivity index (χ0) is 22.1. The number of carbonyl (C=O) groups is 1. The Labute approximate surface area is 189 Å². The number of hydrogen-bond donors (Lipinski definition) is 0. The molecule has 3 heterocycles. The van der Waals surface area contributed by atoms with Gasteiger partial charge in [-0.2, -0.15) is 0 Å². The maximum absolute atomic E-state index is 13.4. The zero-order valence-corrected chi connectivity index (χ0v) is 19.2. The lowest BCUT2D eigenvalue weighted by Crippen LogP contribution is -2.76. The summed E-state index contributed by atoms with van der Waals surface area (Å²) < 4.78 is 22.8. The summed E-state index contributed by atoms with van der Waals surface area (Å²) in [5, 5.41) is 0.984. The number of hydrogen-bond acceptors (Lipinski definition) is 6. The van der Waals surface area contributed by atoms with Crippen LogP contribution in [0.15, 0.2) is 22.7 Å². The first-order valence-electron chi connectivity index (χ1n) is 11.9. The Morgan fingerprint density at radius 1 is 1.12 bits per heavy atom. The zero-order valence-electron chi connectivity index (χ0n) is 19.2. The van der Waals surface area contributed by atoms with Gasteiger partial charge in [0, 0.05) is 38.6 Å². The van der Waals surface area contributed by atoms with E-state index >= 15 is 0 Å². The fourth-order valence-corrected chi connectivity index (χ4v) is 5.09. The number of furan rings is 1. The van der Waals surface area contributed by atoms with E-state index in [1.165, 1.54) is 32.1 Å². The fraction of sp³-hybridized carbons (Fsp3) is 0.680. The van der Waals surface area contributed by atoms with Crippen LogP contribution in [0.25, 0.3) is 11.0 Å². The van der Waals surface area contributed by atoms with E-state index in [0.717, 1.165) is 53.5 Å². The molecule has 2 aromatic rings. The van der Waals surface area contributed by atoms with E-state index in [2.05, 4.69) is 11.1 Å². The van der Waals surface area contributed by atoms with Crippen LogP contribution in [0.2, 0.25) is 0 Å². The molecule has 0 radical (unpaired) electrons. The Balaban J connectivity index is 1.41. The van der Waals surface area contributed by atoms with Crippen LogP contribution in [0.5, 0.6) is 0 Å². The molecule has 0 aromatic carbocycles. The standard InChI is InChI=1S/C25H34N2O5/c1-29-15-27-23(10-8-18-5-6-18)25(24(27)28,31-16-30-2)14-21-20-13-19(9-7-17-3-4-17)32-22(20)11-12-26-21/h11-13,17-18,23H,3-10,14-16H2,1-2H3. The summed E-state index contributed by atoms with van der Waals surface area (Å²) in [7, 11) is 3.21. The minimum Gasteiger partial charge on any atom is -0.461 e. The highest BCUT2D eigenvalue weighted by molar-refractivity contribution is 5.94. The van der Waals surface area contributed by atoms with Crippen LogP contribution < -0.4 is 0 Å². The van der Waals surface area contributed by atoms with Gasteiger partial charge < -0.3 is 23.5 Å². The smallest absolute Gasteiger partial charge is 0.259 e. The van der Waals surface area contributed by atoms with Crippen molar-refractivity contribution < 1.29 is 23.4 Å². The van der Waals surface area contributed by atoms with Gasteiger partial charge in [-0.1, -0.05) is 25.7 Å². The normalized spacial score (nSPS) is 25.5. The van der Waals surface area contributed by atoms with Gasteiger partial charge in [0.1, 0.15) is 24.9 Å². The number of β-lactam (4-membered cyclic amide) rings is 1. The van der Waals surface area contributed by atoms with Gasteiger partial charge in [-0.05, 0) is 43.2 Å². The third kappa shape index (κ3) is 4.30. The number of aromatic nitrogens is 1. The van der Waals surface area contributed by atoms with Crippen molar-refractivity contribution >= 4 is 16.9 Å². The maximum atomic E-state index is 13.4. The second-order valence-corrected chi connectivity index (χ2v) is 9.71. The van der Waals surface area contributed by atoms with Crippen LogP contribution >= 0.6 is 0 Å². The molecule has 0 spiro atoms. The average Bonchev–Trinajstić information content (AvgIpc) is 3.73. The topological polar surface area (TPSA) is 74.0 Å². The predicted octanol–water partition coefficient (Wildman–Crippen LogP) is 4.08. The number of methoxy groups -OCH3 is 2. The van der Waals surface area contributed by atoms with Gasteiger partial charge in [-0.15, -0.1) is 0 Å². The van der Waals surface area contributed by atoms with Crippen molar-refractivity contribution in [1.29, 1.82) is 0 Å². The third-order valence-corrected chi connectivity index (χ3v) is 7.29. The Morgan fingerprint density at radius 2 is 1.91 bits per heavy atom. The van der Waals surface area contributed by atoms with Crippen LogP contribution in [-0.2, 0) is 31.8 Å². The quantitative estimate of drug-likeness (QED) is 0.344. The van der Waals surface area contributed by atoms with E-state index in [-0.39, 0.29) is 25.5 Å². The van der Waals surface area contributed by atoms with Gasteiger partial charge in [-0.3, -0.25) is 9.78 Å². The molecule has 2 saturated carbocycles. The molecule has 0 N–H and O–H groups in total. The predicted molar refractivity (Wildman–Crippen MR) is 119 cm³/mol. The number of rotatable bonds is 13. The first kappa shape index (κ1) is 21.9. The first-order chi connectivity index (χ1) is 15.6. The molecule has 7 nitrogen and oxygen atoms in total. The van der Waals surface area contributed by atoms with Crippen molar-refractivity contribution in [2.24, 2.45) is 11.8 Å². The van der Waals surface area contributed by atoms with Gasteiger partial charge in [0.2, 0.25) is 0 Å². The number of likely N-dealkylation sites (tertiary alicyclic amines) is 1. The van der Waals surface area contributed by atoms with E-state index < -0.39 is 5.60 Å². The van der Waals surface area contributed by atoms with E-state index in [1.54, 1.807) is 25.3 Å². The second kappa shape index (κ2) is 9.12. The van der Waals surface area contributed by atoms with E-state index in [4.69, 9.17) is 18.6 Å². The summed E-state index contributed by atoms with van der Waals surface area (Å²) in [6.45, 7) is 0.349. The average molecular weight is 443 g/mol. The Kier molecular flexibility index (Phi) is 6.23. The van der Waals surface area contributed by atoms with Gasteiger partial charge in [0.15, 0.2) is 5.60 Å². The molecular weight excluding hydrogens is 408 g/mol. The SMILES string of the molecule is COCOC1(Cc2nccc3oc(CCC4CC4)cc23)C(=O)N(COC)C1CCC1CC1. The molecule has 1 saturated heterocycles. The van der Waals surface area contributed by atoms with Gasteiger partial charge >= 0.3 is 0 Å². The monoisotopic (exact) mass is 442 g/mol. The Morgan fingerprint density at radius 3 is 2.62 bits per heavy atom. The van der Waals surface area contributed by atoms with E-state index in [1.807, 2.05) is 6.07 Å². The second-order valence-electron chi connectivity index (χ2n) is 9.71. The van der Waals surface area contributed by atoms with Crippen molar-refractivity contribution in [3.05, 3.63) is 29.8 Å². The van der Waals surface area contributed by atoms with Gasteiger partial charge in [-0.25, -0.2) is 0 Å². The van der Waals surface area contributed by atoms with Gasteiger partial charge in [0.25, 0.3) is 5.91 Å². The summed E-state index contributed by atoms with van der Waals surface area (Å²) in [5.41, 5.74) is 0.704. The number of ether oxygens (including phenoxy) is 3. The molecule has 1 aliphatic heterocycles. The van der Waals surface area contributed by atoms with E-state index in [9.17, 15) is 4.79 Å². The van der Waals surface area contributed by atoms with Gasteiger partial charge in [0.05, 0.1) is 11.7 Å². The molecule has 2 aliphatic carbocycles. The minimum atomic E-state index is -0.976. The van der Waals surface area contributed by atoms with Crippen molar-refractivity contribution in [1.82, 2.24) is 9.88 Å². The summed E-state index contributed by atoms with van der Waals surface area (Å²) in [6.07, 6.45) is 11.6. The lowest BCUT2D eigenvalue weighted by molar-refractivity contribution is -0.234. The largest absolute Gasteiger partial charge is 0.461 e. The molecule has 0 bridgehead atoms. The minimum absolute atomic E-state index is 0.0477. The van der Waals surface area contributed by atoms with Crippen LogP contribution in [-0.4, -0.2) is 55.2 Å². The number of nitrogens with zero attached hydrogens (tertiary/aromatic N) is 2. The van der Waals surface area contributed by atoms with Crippen molar-refractivity contribution in [2.45, 2.75) is 69.4 Å². The van der Waals surface area contributed by atoms with Crippen molar-refractivity contribution in [3.63, 3.8) is 0 Å². The fourth-order valence-electron chi connectivity index (χ4n) is 5.09. The van der Waals surface area contributed by atoms with Crippen LogP contribution in [0.3, 0.4) is 0 Å². The van der Waals surface area contributed by atoms with Crippen molar-refractivity contribution in [2.75, 3.05) is 27.7 Å². The molecule has 2 unspecified atom stereocenters. The third-order valence-electron chi connectivity index (χ3n) is 7.29. The van der Waals surface area contributed by atoms with Crippen LogP contribution in [0.4, 0.5) is 0 Å². The molecule has 3 aliphatic rings. The number of fused-ring (bicyclic) bond motifs is 1. The Bertz CT molecular complexity index is 951. The summed E-state index contributed by atoms with van der Waals surface area (Å²) in [5.74, 6) is 2.59. The molecule has 32 heavy (non-hydrogen) atoms. The molecule has 3 fully saturated rings. The summed E-state index contributed by atoms with van der Waals surface area (Å²) in [6, 6.07) is 3.97. The Hall–Kier alpha value is -1.96. The number of carbonyl (C=O) groups excluding carboxylic acids is 1. The molecule has 2 atom stereocenters. The molecule has 1 amide bonds. The summed E-state index contributed by atoms with van der Waals surface area (Å²) >= 11 is 0. The number of amides is 1. The number of aryl methyl sites for hydroxylation is 1. The van der Waals surface area contributed by atoms with Crippen molar-refractivity contribution in [3.8, 4) is 0 Å². The molecule has 5 rings (SSSR count). The molecule has 174 valence electrons. The highest BCUT2D eigenvalue weighted by atomic mass is 16.7. The van der Waals surface area contributed by atoms with E-state index in [0.29, 0.717) is 6.42 Å². The highest BCUT2D eigenvalue weighted by Gasteiger charge is 2.62. The maximum Gasteiger partial charge on any atom is 0.259 e. The first-order valence-corrected chi connectivity index (χ1v) is 11.9. The highest BCUT2D eigenvalue weighted by Crippen LogP contribution is 2.44. The molecular formula is C25H34N2O5. The van der Waals surface area contributed by atoms with Crippen LogP contribution in [0, 0.1) is 11.8 Å². The number of pyridine rings is 1. The molecule has 2 aromatic heterocycles. The lowest BCUT2D eigenvalue weighted by Gasteiger charge is -2.55. The summed E-state index contributed by atoms with van der Waals surface area (Å²) in [4.78, 5) is 19.9. The van der Waals surface area contributed by atoms with Crippen LogP contribution in [0.1, 0.15) is 56.4 Å².